The van der Waals surface area contributed by atoms with E-state index in [9.17, 15) is 0 Å². The molecule has 1 aliphatic rings. The summed E-state index contributed by atoms with van der Waals surface area (Å²) in [7, 11) is 0. The predicted molar refractivity (Wildman–Crippen MR) is 89.7 cm³/mol. The van der Waals surface area contributed by atoms with Gasteiger partial charge in [-0.2, -0.15) is 0 Å². The van der Waals surface area contributed by atoms with Crippen LogP contribution in [0.2, 0.25) is 0 Å². The molecule has 1 heterocycles. The Morgan fingerprint density at radius 3 is 2.43 bits per heavy atom. The second-order valence-corrected chi connectivity index (χ2v) is 6.54. The van der Waals surface area contributed by atoms with Crippen LogP contribution in [0.15, 0.2) is 46.9 Å². The van der Waals surface area contributed by atoms with Crippen LogP contribution in [-0.4, -0.2) is 6.61 Å². The Kier molecular flexibility index (Phi) is 4.32. The van der Waals surface area contributed by atoms with Crippen molar-refractivity contribution in [3.05, 3.63) is 63.6 Å². The molecule has 1 aliphatic heterocycles. The molecule has 21 heavy (non-hydrogen) atoms. The molecule has 1 N–H and O–H groups in total. The summed E-state index contributed by atoms with van der Waals surface area (Å²) in [4.78, 5) is 0. The van der Waals surface area contributed by atoms with Gasteiger partial charge in [0.2, 0.25) is 0 Å². The summed E-state index contributed by atoms with van der Waals surface area (Å²) in [5.74, 6) is 1.05. The van der Waals surface area contributed by atoms with Crippen LogP contribution < -0.4 is 10.1 Å². The van der Waals surface area contributed by atoms with Gasteiger partial charge in [0, 0.05) is 23.0 Å². The zero-order chi connectivity index (χ0) is 14.8. The van der Waals surface area contributed by atoms with Crippen LogP contribution >= 0.6 is 15.9 Å². The minimum atomic E-state index is 0.314. The number of benzene rings is 2. The minimum Gasteiger partial charge on any atom is -0.493 e. The van der Waals surface area contributed by atoms with Crippen molar-refractivity contribution < 1.29 is 4.74 Å². The van der Waals surface area contributed by atoms with Crippen molar-refractivity contribution in [1.29, 1.82) is 0 Å². The molecule has 2 aromatic carbocycles. The summed E-state index contributed by atoms with van der Waals surface area (Å²) in [6.07, 6.45) is 1.03. The first kappa shape index (κ1) is 14.6. The molecular formula is C18H20BrNO. The summed E-state index contributed by atoms with van der Waals surface area (Å²) < 4.78 is 6.69. The number of ether oxygens (including phenoxy) is 1. The smallest absolute Gasteiger partial charge is 0.122 e. The van der Waals surface area contributed by atoms with Crippen LogP contribution in [0.1, 0.15) is 42.6 Å². The van der Waals surface area contributed by atoms with Gasteiger partial charge in [-0.25, -0.2) is 0 Å². The second kappa shape index (κ2) is 6.20. The Hall–Kier alpha value is -1.32. The fraction of sp³-hybridized carbons (Fsp3) is 0.333. The lowest BCUT2D eigenvalue weighted by Crippen LogP contribution is -2.22. The SMILES string of the molecule is CC(N[C@H](C)c1ccc(Br)cc1)c1ccc2c(c1)CCO2. The number of nitrogens with one attached hydrogen (secondary N) is 1. The van der Waals surface area contributed by atoms with Gasteiger partial charge in [-0.1, -0.05) is 40.2 Å². The monoisotopic (exact) mass is 345 g/mol. The van der Waals surface area contributed by atoms with Crippen LogP contribution in [0.3, 0.4) is 0 Å². The lowest BCUT2D eigenvalue weighted by molar-refractivity contribution is 0.356. The molecule has 0 aromatic heterocycles. The summed E-state index contributed by atoms with van der Waals surface area (Å²) in [6.45, 7) is 5.24. The van der Waals surface area contributed by atoms with Gasteiger partial charge in [0.25, 0.3) is 0 Å². The molecule has 0 fully saturated rings. The van der Waals surface area contributed by atoms with Crippen molar-refractivity contribution in [2.45, 2.75) is 32.4 Å². The lowest BCUT2D eigenvalue weighted by Gasteiger charge is -2.21. The Morgan fingerprint density at radius 2 is 1.67 bits per heavy atom. The fourth-order valence-electron chi connectivity index (χ4n) is 2.79. The van der Waals surface area contributed by atoms with Crippen molar-refractivity contribution in [2.75, 3.05) is 6.61 Å². The van der Waals surface area contributed by atoms with Gasteiger partial charge in [-0.15, -0.1) is 0 Å². The molecule has 3 rings (SSSR count). The van der Waals surface area contributed by atoms with Gasteiger partial charge in [0.15, 0.2) is 0 Å². The Bertz CT molecular complexity index is 624. The van der Waals surface area contributed by atoms with Gasteiger partial charge in [-0.05, 0) is 48.7 Å². The van der Waals surface area contributed by atoms with Crippen LogP contribution in [-0.2, 0) is 6.42 Å². The van der Waals surface area contributed by atoms with E-state index in [-0.39, 0.29) is 0 Å². The maximum absolute atomic E-state index is 5.57. The van der Waals surface area contributed by atoms with Crippen LogP contribution in [0, 0.1) is 0 Å². The van der Waals surface area contributed by atoms with Crippen LogP contribution in [0.5, 0.6) is 5.75 Å². The number of fused-ring (bicyclic) bond motifs is 1. The van der Waals surface area contributed by atoms with Gasteiger partial charge in [0.1, 0.15) is 5.75 Å². The topological polar surface area (TPSA) is 21.3 Å². The molecule has 3 heteroatoms. The van der Waals surface area contributed by atoms with Gasteiger partial charge >= 0.3 is 0 Å². The standard InChI is InChI=1S/C18H20BrNO/c1-12(14-3-6-17(19)7-4-14)20-13(2)15-5-8-18-16(11-15)9-10-21-18/h3-8,11-13,20H,9-10H2,1-2H3/t12-,13?/m1/s1. The van der Waals surface area contributed by atoms with Crippen molar-refractivity contribution in [3.63, 3.8) is 0 Å². The van der Waals surface area contributed by atoms with E-state index >= 15 is 0 Å². The number of rotatable bonds is 4. The first-order valence-corrected chi connectivity index (χ1v) is 8.20. The Balaban J connectivity index is 1.70. The first-order chi connectivity index (χ1) is 10.1. The highest BCUT2D eigenvalue weighted by molar-refractivity contribution is 9.10. The molecule has 0 saturated heterocycles. The van der Waals surface area contributed by atoms with Crippen molar-refractivity contribution in [3.8, 4) is 5.75 Å². The zero-order valence-electron chi connectivity index (χ0n) is 12.4. The molecule has 0 bridgehead atoms. The molecule has 110 valence electrons. The maximum Gasteiger partial charge on any atom is 0.122 e. The average Bonchev–Trinajstić information content (AvgIpc) is 2.95. The molecule has 2 aromatic rings. The molecule has 0 radical (unpaired) electrons. The Labute approximate surface area is 134 Å². The van der Waals surface area contributed by atoms with E-state index in [1.165, 1.54) is 16.7 Å². The highest BCUT2D eigenvalue weighted by atomic mass is 79.9. The van der Waals surface area contributed by atoms with E-state index < -0.39 is 0 Å². The van der Waals surface area contributed by atoms with Crippen LogP contribution in [0.25, 0.3) is 0 Å². The summed E-state index contributed by atoms with van der Waals surface area (Å²) in [5.41, 5.74) is 3.95. The van der Waals surface area contributed by atoms with Gasteiger partial charge < -0.3 is 10.1 Å². The molecule has 0 aliphatic carbocycles. The molecule has 0 saturated carbocycles. The summed E-state index contributed by atoms with van der Waals surface area (Å²) >= 11 is 3.48. The third-order valence-electron chi connectivity index (χ3n) is 4.08. The summed E-state index contributed by atoms with van der Waals surface area (Å²) in [6, 6.07) is 15.7. The highest BCUT2D eigenvalue weighted by Gasteiger charge is 2.16. The zero-order valence-corrected chi connectivity index (χ0v) is 14.0. The van der Waals surface area contributed by atoms with E-state index in [0.29, 0.717) is 12.1 Å². The third-order valence-corrected chi connectivity index (χ3v) is 4.61. The second-order valence-electron chi connectivity index (χ2n) is 5.63. The third kappa shape index (κ3) is 3.30. The van der Waals surface area contributed by atoms with Crippen molar-refractivity contribution in [1.82, 2.24) is 5.32 Å². The average molecular weight is 346 g/mol. The molecular weight excluding hydrogens is 326 g/mol. The van der Waals surface area contributed by atoms with E-state index in [4.69, 9.17) is 4.74 Å². The fourth-order valence-corrected chi connectivity index (χ4v) is 3.06. The first-order valence-electron chi connectivity index (χ1n) is 7.40. The van der Waals surface area contributed by atoms with E-state index in [1.807, 2.05) is 0 Å². The molecule has 0 spiro atoms. The van der Waals surface area contributed by atoms with Crippen molar-refractivity contribution >= 4 is 15.9 Å². The molecule has 2 nitrogen and oxygen atoms in total. The van der Waals surface area contributed by atoms with Gasteiger partial charge in [0.05, 0.1) is 6.61 Å². The number of hydrogen-bond acceptors (Lipinski definition) is 2. The highest BCUT2D eigenvalue weighted by Crippen LogP contribution is 2.29. The molecule has 2 atom stereocenters. The maximum atomic E-state index is 5.57. The van der Waals surface area contributed by atoms with Gasteiger partial charge in [-0.3, -0.25) is 0 Å². The number of halogens is 1. The quantitative estimate of drug-likeness (QED) is 0.859. The van der Waals surface area contributed by atoms with E-state index in [0.717, 1.165) is 23.2 Å². The van der Waals surface area contributed by atoms with Crippen molar-refractivity contribution in [2.24, 2.45) is 0 Å². The lowest BCUT2D eigenvalue weighted by atomic mass is 10.0. The minimum absolute atomic E-state index is 0.314. The molecule has 0 amide bonds. The van der Waals surface area contributed by atoms with E-state index in [2.05, 4.69) is 77.6 Å². The predicted octanol–water partition coefficient (Wildman–Crippen LogP) is 4.80. The molecule has 1 unspecified atom stereocenters. The largest absolute Gasteiger partial charge is 0.493 e. The Morgan fingerprint density at radius 1 is 1.00 bits per heavy atom. The summed E-state index contributed by atoms with van der Waals surface area (Å²) in [5, 5.41) is 3.67. The normalized spacial score (nSPS) is 16.1. The number of hydrogen-bond donors (Lipinski definition) is 1. The van der Waals surface area contributed by atoms with E-state index in [1.54, 1.807) is 0 Å². The van der Waals surface area contributed by atoms with Crippen LogP contribution in [0.4, 0.5) is 0 Å².